The molecule has 1 aliphatic carbocycles. The van der Waals surface area contributed by atoms with Crippen LogP contribution >= 0.6 is 0 Å². The van der Waals surface area contributed by atoms with Gasteiger partial charge in [0.25, 0.3) is 0 Å². The molecule has 0 saturated heterocycles. The summed E-state index contributed by atoms with van der Waals surface area (Å²) < 4.78 is 12.5. The van der Waals surface area contributed by atoms with Gasteiger partial charge in [0.2, 0.25) is 0 Å². The van der Waals surface area contributed by atoms with Crippen LogP contribution in [0.4, 0.5) is 10.1 Å². The summed E-state index contributed by atoms with van der Waals surface area (Å²) in [6, 6.07) is 13.0. The number of anilines is 1. The number of nitrogens with one attached hydrogen (secondary N) is 1. The lowest BCUT2D eigenvalue weighted by molar-refractivity contribution is -0.105. The van der Waals surface area contributed by atoms with Crippen LogP contribution in [0.25, 0.3) is 0 Å². The molecular formula is C33H42FNO4. The Hall–Kier alpha value is -3.51. The zero-order valence-electron chi connectivity index (χ0n) is 23.8. The molecule has 0 bridgehead atoms. The average Bonchev–Trinajstić information content (AvgIpc) is 3.31. The van der Waals surface area contributed by atoms with Crippen molar-refractivity contribution in [2.45, 2.75) is 73.0 Å². The van der Waals surface area contributed by atoms with E-state index < -0.39 is 12.9 Å². The van der Waals surface area contributed by atoms with E-state index in [1.807, 2.05) is 0 Å². The Morgan fingerprint density at radius 3 is 2.46 bits per heavy atom. The number of carbonyl (C=O) groups excluding carboxylic acids is 2. The Balaban J connectivity index is 0.000000276. The molecule has 0 aromatic heterocycles. The fourth-order valence-electron chi connectivity index (χ4n) is 5.03. The standard InChI is InChI=1S/C17H22O.C16H20FNO3/c1-3-9-17(10-8-15(11-17)13-18)12-16-7-5-4-6-14(16)2;1-4-10(2)13(7-8-17)16(21)18-12-5-6-14(11(3)19)15(20)9-12/h4-7,11,13H,3,8-10,12H2,1-2H3;4-7,9,16,18,20-21H,8H2,1-3H3/b;10-4-,13-7+. The highest BCUT2D eigenvalue weighted by Gasteiger charge is 2.32. The first-order chi connectivity index (χ1) is 18.6. The second-order valence-electron chi connectivity index (χ2n) is 10.2. The average molecular weight is 536 g/mol. The molecule has 2 unspecified atom stereocenters. The van der Waals surface area contributed by atoms with E-state index in [2.05, 4.69) is 49.5 Å². The number of aromatic hydroxyl groups is 1. The molecule has 0 fully saturated rings. The van der Waals surface area contributed by atoms with Crippen LogP contribution in [0.5, 0.6) is 5.75 Å². The quantitative estimate of drug-likeness (QED) is 0.121. The van der Waals surface area contributed by atoms with Gasteiger partial charge in [0.1, 0.15) is 18.7 Å². The number of phenols is 1. The van der Waals surface area contributed by atoms with E-state index in [1.165, 1.54) is 49.1 Å². The third-order valence-corrected chi connectivity index (χ3v) is 7.27. The molecule has 0 aliphatic heterocycles. The second kappa shape index (κ2) is 15.2. The molecule has 3 N–H and O–H groups in total. The zero-order chi connectivity index (χ0) is 29.0. The Kier molecular flexibility index (Phi) is 12.3. The highest BCUT2D eigenvalue weighted by molar-refractivity contribution is 5.97. The lowest BCUT2D eigenvalue weighted by atomic mass is 9.77. The van der Waals surface area contributed by atoms with Gasteiger partial charge >= 0.3 is 0 Å². The summed E-state index contributed by atoms with van der Waals surface area (Å²) in [5.41, 5.74) is 5.81. The van der Waals surface area contributed by atoms with E-state index in [4.69, 9.17) is 0 Å². The number of Topliss-reactive ketones (excluding diaryl/α,β-unsaturated/α-hetero) is 1. The summed E-state index contributed by atoms with van der Waals surface area (Å²) >= 11 is 0. The van der Waals surface area contributed by atoms with Crippen LogP contribution in [0.15, 0.2) is 77.4 Å². The molecule has 210 valence electrons. The number of ketones is 1. The molecular weight excluding hydrogens is 493 g/mol. The fraction of sp³-hybridized carbons (Fsp3) is 0.394. The summed E-state index contributed by atoms with van der Waals surface area (Å²) in [6.07, 6.45) is 10.7. The number of hydrogen-bond donors (Lipinski definition) is 3. The molecule has 0 heterocycles. The summed E-state index contributed by atoms with van der Waals surface area (Å²) in [5, 5.41) is 22.6. The Bertz CT molecular complexity index is 1230. The van der Waals surface area contributed by atoms with Gasteiger partial charge in [-0.15, -0.1) is 0 Å². The van der Waals surface area contributed by atoms with Gasteiger partial charge in [0.15, 0.2) is 12.0 Å². The van der Waals surface area contributed by atoms with E-state index in [9.17, 15) is 24.2 Å². The third-order valence-electron chi connectivity index (χ3n) is 7.27. The van der Waals surface area contributed by atoms with Crippen molar-refractivity contribution in [1.29, 1.82) is 0 Å². The van der Waals surface area contributed by atoms with Crippen LogP contribution < -0.4 is 5.32 Å². The van der Waals surface area contributed by atoms with Gasteiger partial charge in [0, 0.05) is 17.3 Å². The van der Waals surface area contributed by atoms with E-state index in [-0.39, 0.29) is 22.5 Å². The maximum atomic E-state index is 12.5. The molecule has 2 aromatic carbocycles. The van der Waals surface area contributed by atoms with Gasteiger partial charge in [-0.3, -0.25) is 9.59 Å². The van der Waals surface area contributed by atoms with Crippen molar-refractivity contribution in [1.82, 2.24) is 0 Å². The Morgan fingerprint density at radius 2 is 1.92 bits per heavy atom. The largest absolute Gasteiger partial charge is 0.507 e. The van der Waals surface area contributed by atoms with Gasteiger partial charge in [0.05, 0.1) is 5.56 Å². The second-order valence-corrected chi connectivity index (χ2v) is 10.2. The molecule has 3 rings (SSSR count). The van der Waals surface area contributed by atoms with E-state index >= 15 is 0 Å². The minimum Gasteiger partial charge on any atom is -0.507 e. The van der Waals surface area contributed by atoms with Crippen molar-refractivity contribution >= 4 is 17.8 Å². The minimum absolute atomic E-state index is 0.168. The number of phenolic OH excluding ortho intramolecular Hbond substituents is 1. The number of alkyl halides is 1. The van der Waals surface area contributed by atoms with Crippen LogP contribution in [0, 0.1) is 12.3 Å². The molecule has 0 amide bonds. The molecule has 0 radical (unpaired) electrons. The van der Waals surface area contributed by atoms with Crippen molar-refractivity contribution < 1.29 is 24.2 Å². The summed E-state index contributed by atoms with van der Waals surface area (Å²) in [4.78, 5) is 22.2. The number of aliphatic hydroxyl groups is 1. The first-order valence-electron chi connectivity index (χ1n) is 13.5. The summed E-state index contributed by atoms with van der Waals surface area (Å²) in [7, 11) is 0. The summed E-state index contributed by atoms with van der Waals surface area (Å²) in [5.74, 6) is -0.416. The number of allylic oxidation sites excluding steroid dienone is 4. The highest BCUT2D eigenvalue weighted by atomic mass is 19.1. The molecule has 6 heteroatoms. The Labute approximate surface area is 232 Å². The SMILES string of the molecule is C/C=C(C)\C(=C/CF)C(O)Nc1ccc(C(C)=O)c(O)c1.CCCC1(Cc2ccccc2C)C=C(C=O)CC1. The molecule has 2 aromatic rings. The highest BCUT2D eigenvalue weighted by Crippen LogP contribution is 2.42. The minimum atomic E-state index is -1.11. The monoisotopic (exact) mass is 535 g/mol. The zero-order valence-corrected chi connectivity index (χ0v) is 23.8. The molecule has 0 spiro atoms. The van der Waals surface area contributed by atoms with Crippen molar-refractivity contribution in [3.8, 4) is 5.75 Å². The van der Waals surface area contributed by atoms with Crippen LogP contribution in [0.2, 0.25) is 0 Å². The van der Waals surface area contributed by atoms with Crippen molar-refractivity contribution in [2.24, 2.45) is 5.41 Å². The number of rotatable bonds is 11. The maximum absolute atomic E-state index is 12.5. The summed E-state index contributed by atoms with van der Waals surface area (Å²) in [6.45, 7) is 8.63. The number of hydrogen-bond acceptors (Lipinski definition) is 5. The third kappa shape index (κ3) is 9.03. The van der Waals surface area contributed by atoms with E-state index in [1.54, 1.807) is 26.0 Å². The van der Waals surface area contributed by atoms with E-state index in [0.29, 0.717) is 11.3 Å². The van der Waals surface area contributed by atoms with Crippen LogP contribution in [-0.2, 0) is 11.2 Å². The van der Waals surface area contributed by atoms with Crippen LogP contribution in [0.1, 0.15) is 74.9 Å². The number of benzene rings is 2. The molecule has 39 heavy (non-hydrogen) atoms. The maximum Gasteiger partial charge on any atom is 0.163 e. The number of carbonyl (C=O) groups is 2. The number of aryl methyl sites for hydroxylation is 1. The van der Waals surface area contributed by atoms with Gasteiger partial charge in [-0.25, -0.2) is 4.39 Å². The topological polar surface area (TPSA) is 86.6 Å². The lowest BCUT2D eigenvalue weighted by Crippen LogP contribution is -2.22. The van der Waals surface area contributed by atoms with Crippen molar-refractivity contribution in [3.63, 3.8) is 0 Å². The normalized spacial score (nSPS) is 18.1. The Morgan fingerprint density at radius 1 is 1.21 bits per heavy atom. The first kappa shape index (κ1) is 31.7. The predicted octanol–water partition coefficient (Wildman–Crippen LogP) is 7.43. The van der Waals surface area contributed by atoms with E-state index in [0.717, 1.165) is 36.7 Å². The molecule has 5 nitrogen and oxygen atoms in total. The number of halogens is 1. The lowest BCUT2D eigenvalue weighted by Gasteiger charge is -2.27. The molecule has 2 atom stereocenters. The first-order valence-corrected chi connectivity index (χ1v) is 13.5. The fourth-order valence-corrected chi connectivity index (χ4v) is 5.03. The smallest absolute Gasteiger partial charge is 0.163 e. The van der Waals surface area contributed by atoms with Crippen molar-refractivity contribution in [3.05, 3.63) is 94.1 Å². The number of aliphatic hydroxyl groups excluding tert-OH is 1. The van der Waals surface area contributed by atoms with Crippen LogP contribution in [0.3, 0.4) is 0 Å². The predicted molar refractivity (Wildman–Crippen MR) is 157 cm³/mol. The van der Waals surface area contributed by atoms with Gasteiger partial charge < -0.3 is 15.5 Å². The molecule has 1 aliphatic rings. The molecule has 0 saturated carbocycles. The number of aldehydes is 1. The van der Waals surface area contributed by atoms with Gasteiger partial charge in [-0.05, 0) is 99.3 Å². The van der Waals surface area contributed by atoms with Crippen molar-refractivity contribution in [2.75, 3.05) is 12.0 Å². The van der Waals surface area contributed by atoms with Gasteiger partial charge in [-0.2, -0.15) is 0 Å². The van der Waals surface area contributed by atoms with Crippen LogP contribution in [-0.4, -0.2) is 35.2 Å². The van der Waals surface area contributed by atoms with Gasteiger partial charge in [-0.1, -0.05) is 49.8 Å².